The summed E-state index contributed by atoms with van der Waals surface area (Å²) in [7, 11) is 1.75. The first-order valence-electron chi connectivity index (χ1n) is 5.02. The SMILES string of the molecule is CNc1ccc(OCC(C)(C)C)c(F)c1. The molecule has 0 unspecified atom stereocenters. The summed E-state index contributed by atoms with van der Waals surface area (Å²) in [5.41, 5.74) is 0.782. The molecule has 0 atom stereocenters. The molecule has 1 rings (SSSR count). The Labute approximate surface area is 90.4 Å². The molecule has 3 heteroatoms. The number of rotatable bonds is 3. The molecular weight excluding hydrogens is 193 g/mol. The molecule has 1 aromatic carbocycles. The first-order chi connectivity index (χ1) is 6.92. The summed E-state index contributed by atoms with van der Waals surface area (Å²) < 4.78 is 18.8. The Balaban J connectivity index is 2.70. The number of nitrogens with one attached hydrogen (secondary N) is 1. The first kappa shape index (κ1) is 11.8. The van der Waals surface area contributed by atoms with Crippen molar-refractivity contribution in [2.75, 3.05) is 19.0 Å². The van der Waals surface area contributed by atoms with E-state index in [-0.39, 0.29) is 11.2 Å². The third-order valence-corrected chi connectivity index (χ3v) is 1.88. The second kappa shape index (κ2) is 4.51. The van der Waals surface area contributed by atoms with E-state index in [2.05, 4.69) is 5.32 Å². The minimum Gasteiger partial charge on any atom is -0.490 e. The third-order valence-electron chi connectivity index (χ3n) is 1.88. The molecule has 0 fully saturated rings. The number of benzene rings is 1. The second-order valence-electron chi connectivity index (χ2n) is 4.74. The molecule has 0 saturated heterocycles. The highest BCUT2D eigenvalue weighted by atomic mass is 19.1. The smallest absolute Gasteiger partial charge is 0.167 e. The van der Waals surface area contributed by atoms with Crippen molar-refractivity contribution >= 4 is 5.69 Å². The van der Waals surface area contributed by atoms with Gasteiger partial charge in [-0.05, 0) is 17.5 Å². The number of anilines is 1. The third kappa shape index (κ3) is 3.78. The monoisotopic (exact) mass is 211 g/mol. The summed E-state index contributed by atoms with van der Waals surface area (Å²) in [6.07, 6.45) is 0. The summed E-state index contributed by atoms with van der Waals surface area (Å²) in [6, 6.07) is 4.87. The Morgan fingerprint density at radius 2 is 2.00 bits per heavy atom. The standard InChI is InChI=1S/C12H18FNO/c1-12(2,3)8-15-11-6-5-9(14-4)7-10(11)13/h5-7,14H,8H2,1-4H3. The van der Waals surface area contributed by atoms with E-state index in [1.165, 1.54) is 6.07 Å². The molecular formula is C12H18FNO. The van der Waals surface area contributed by atoms with Crippen molar-refractivity contribution in [2.24, 2.45) is 5.41 Å². The van der Waals surface area contributed by atoms with Crippen LogP contribution < -0.4 is 10.1 Å². The number of ether oxygens (including phenoxy) is 1. The van der Waals surface area contributed by atoms with Crippen LogP contribution >= 0.6 is 0 Å². The predicted octanol–water partition coefficient (Wildman–Crippen LogP) is 3.29. The molecule has 0 aromatic heterocycles. The molecule has 15 heavy (non-hydrogen) atoms. The first-order valence-corrected chi connectivity index (χ1v) is 5.02. The van der Waals surface area contributed by atoms with Crippen LogP contribution in [-0.4, -0.2) is 13.7 Å². The van der Waals surface area contributed by atoms with Crippen molar-refractivity contribution in [2.45, 2.75) is 20.8 Å². The van der Waals surface area contributed by atoms with Gasteiger partial charge in [0, 0.05) is 18.8 Å². The van der Waals surface area contributed by atoms with Gasteiger partial charge in [0.1, 0.15) is 0 Å². The lowest BCUT2D eigenvalue weighted by molar-refractivity contribution is 0.191. The molecule has 0 spiro atoms. The van der Waals surface area contributed by atoms with Gasteiger partial charge in [0.25, 0.3) is 0 Å². The second-order valence-corrected chi connectivity index (χ2v) is 4.74. The number of hydrogen-bond acceptors (Lipinski definition) is 2. The van der Waals surface area contributed by atoms with Gasteiger partial charge in [0.2, 0.25) is 0 Å². The van der Waals surface area contributed by atoms with Crippen LogP contribution in [0, 0.1) is 11.2 Å². The number of hydrogen-bond donors (Lipinski definition) is 1. The minimum absolute atomic E-state index is 0.0358. The van der Waals surface area contributed by atoms with E-state index in [9.17, 15) is 4.39 Å². The summed E-state index contributed by atoms with van der Waals surface area (Å²) in [6.45, 7) is 6.65. The highest BCUT2D eigenvalue weighted by Crippen LogP contribution is 2.23. The zero-order valence-corrected chi connectivity index (χ0v) is 9.73. The molecule has 1 aromatic rings. The maximum Gasteiger partial charge on any atom is 0.167 e. The van der Waals surface area contributed by atoms with E-state index in [1.807, 2.05) is 20.8 Å². The average Bonchev–Trinajstić information content (AvgIpc) is 2.14. The largest absolute Gasteiger partial charge is 0.490 e. The fourth-order valence-electron chi connectivity index (χ4n) is 1.07. The van der Waals surface area contributed by atoms with Gasteiger partial charge in [-0.15, -0.1) is 0 Å². The Morgan fingerprint density at radius 1 is 1.33 bits per heavy atom. The van der Waals surface area contributed by atoms with Gasteiger partial charge < -0.3 is 10.1 Å². The number of halogens is 1. The average molecular weight is 211 g/mol. The highest BCUT2D eigenvalue weighted by molar-refractivity contribution is 5.46. The van der Waals surface area contributed by atoms with Crippen LogP contribution in [0.3, 0.4) is 0 Å². The van der Waals surface area contributed by atoms with E-state index in [4.69, 9.17) is 4.74 Å². The quantitative estimate of drug-likeness (QED) is 0.828. The fourth-order valence-corrected chi connectivity index (χ4v) is 1.07. The Bertz CT molecular complexity index is 331. The maximum atomic E-state index is 13.4. The summed E-state index contributed by atoms with van der Waals surface area (Å²) in [5, 5.41) is 2.87. The molecule has 0 aliphatic heterocycles. The van der Waals surface area contributed by atoms with Crippen LogP contribution in [0.25, 0.3) is 0 Å². The minimum atomic E-state index is -0.328. The van der Waals surface area contributed by atoms with Crippen molar-refractivity contribution < 1.29 is 9.13 Å². The van der Waals surface area contributed by atoms with Crippen molar-refractivity contribution in [1.82, 2.24) is 0 Å². The molecule has 84 valence electrons. The predicted molar refractivity (Wildman–Crippen MR) is 60.9 cm³/mol. The van der Waals surface area contributed by atoms with Gasteiger partial charge in [-0.25, -0.2) is 4.39 Å². The zero-order valence-electron chi connectivity index (χ0n) is 9.73. The van der Waals surface area contributed by atoms with Crippen LogP contribution in [-0.2, 0) is 0 Å². The molecule has 0 saturated carbocycles. The van der Waals surface area contributed by atoms with Crippen molar-refractivity contribution in [1.29, 1.82) is 0 Å². The normalized spacial score (nSPS) is 11.3. The zero-order chi connectivity index (χ0) is 11.5. The molecule has 1 N–H and O–H groups in total. The molecule has 0 amide bonds. The lowest BCUT2D eigenvalue weighted by Crippen LogP contribution is -2.17. The van der Waals surface area contributed by atoms with Crippen molar-refractivity contribution in [3.63, 3.8) is 0 Å². The van der Waals surface area contributed by atoms with Gasteiger partial charge >= 0.3 is 0 Å². The van der Waals surface area contributed by atoms with E-state index in [1.54, 1.807) is 19.2 Å². The van der Waals surface area contributed by atoms with Crippen LogP contribution in [0.2, 0.25) is 0 Å². The topological polar surface area (TPSA) is 21.3 Å². The van der Waals surface area contributed by atoms with Gasteiger partial charge in [0.05, 0.1) is 6.61 Å². The van der Waals surface area contributed by atoms with E-state index in [0.29, 0.717) is 12.4 Å². The lowest BCUT2D eigenvalue weighted by atomic mass is 9.99. The molecule has 0 bridgehead atoms. The summed E-state index contributed by atoms with van der Waals surface area (Å²) in [5.74, 6) is -0.0185. The van der Waals surface area contributed by atoms with Crippen LogP contribution in [0.4, 0.5) is 10.1 Å². The van der Waals surface area contributed by atoms with Crippen LogP contribution in [0.1, 0.15) is 20.8 Å². The van der Waals surface area contributed by atoms with E-state index < -0.39 is 0 Å². The fraction of sp³-hybridized carbons (Fsp3) is 0.500. The van der Waals surface area contributed by atoms with Crippen molar-refractivity contribution in [3.05, 3.63) is 24.0 Å². The van der Waals surface area contributed by atoms with Crippen LogP contribution in [0.15, 0.2) is 18.2 Å². The van der Waals surface area contributed by atoms with Gasteiger partial charge in [-0.2, -0.15) is 0 Å². The Morgan fingerprint density at radius 3 is 2.47 bits per heavy atom. The Hall–Kier alpha value is -1.25. The van der Waals surface area contributed by atoms with E-state index >= 15 is 0 Å². The molecule has 0 aliphatic rings. The molecule has 2 nitrogen and oxygen atoms in total. The molecule has 0 heterocycles. The highest BCUT2D eigenvalue weighted by Gasteiger charge is 2.12. The molecule has 0 aliphatic carbocycles. The van der Waals surface area contributed by atoms with Gasteiger partial charge in [-0.1, -0.05) is 20.8 Å². The summed E-state index contributed by atoms with van der Waals surface area (Å²) >= 11 is 0. The lowest BCUT2D eigenvalue weighted by Gasteiger charge is -2.19. The van der Waals surface area contributed by atoms with Crippen molar-refractivity contribution in [3.8, 4) is 5.75 Å². The maximum absolute atomic E-state index is 13.4. The van der Waals surface area contributed by atoms with Gasteiger partial charge in [0.15, 0.2) is 11.6 Å². The van der Waals surface area contributed by atoms with E-state index in [0.717, 1.165) is 5.69 Å². The Kier molecular flexibility index (Phi) is 3.56. The summed E-state index contributed by atoms with van der Waals surface area (Å²) in [4.78, 5) is 0. The van der Waals surface area contributed by atoms with Crippen LogP contribution in [0.5, 0.6) is 5.75 Å². The van der Waals surface area contributed by atoms with Gasteiger partial charge in [-0.3, -0.25) is 0 Å². The molecule has 0 radical (unpaired) electrons.